The average molecular weight is 493 g/mol. The molecule has 8 heteroatoms. The molecule has 0 unspecified atom stereocenters. The number of benzene rings is 2. The Bertz CT molecular complexity index is 1360. The van der Waals surface area contributed by atoms with Crippen LogP contribution < -0.4 is 10.6 Å². The number of aryl methyl sites for hydroxylation is 2. The van der Waals surface area contributed by atoms with Gasteiger partial charge < -0.3 is 15.1 Å². The van der Waals surface area contributed by atoms with Crippen molar-refractivity contribution < 1.29 is 13.6 Å². The first kappa shape index (κ1) is 23.3. The summed E-state index contributed by atoms with van der Waals surface area (Å²) in [7, 11) is 1.83. The van der Waals surface area contributed by atoms with Crippen LogP contribution in [0, 0.1) is 12.7 Å². The van der Waals surface area contributed by atoms with Crippen LogP contribution in [0.25, 0.3) is 22.4 Å². The van der Waals surface area contributed by atoms with Crippen LogP contribution >= 0.6 is 11.6 Å². The average Bonchev–Trinajstić information content (AvgIpc) is 3.43. The molecule has 2 N–H and O–H groups in total. The number of aromatic nitrogens is 2. The third-order valence-corrected chi connectivity index (χ3v) is 6.93. The topological polar surface area (TPSA) is 72.1 Å². The largest absolute Gasteiger partial charge is 0.469 e. The minimum atomic E-state index is -0.270. The first-order valence-corrected chi connectivity index (χ1v) is 11.9. The van der Waals surface area contributed by atoms with E-state index in [9.17, 15) is 9.18 Å². The molecule has 1 fully saturated rings. The fraction of sp³-hybridized carbons (Fsp3) is 0.259. The monoisotopic (exact) mass is 492 g/mol. The van der Waals surface area contributed by atoms with Crippen molar-refractivity contribution in [1.82, 2.24) is 20.4 Å². The van der Waals surface area contributed by atoms with Crippen LogP contribution in [0.15, 0.2) is 65.4 Å². The molecule has 0 spiro atoms. The molecule has 0 saturated carbocycles. The van der Waals surface area contributed by atoms with Crippen molar-refractivity contribution in [3.63, 3.8) is 0 Å². The summed E-state index contributed by atoms with van der Waals surface area (Å²) in [5.41, 5.74) is 4.61. The van der Waals surface area contributed by atoms with Crippen LogP contribution in [-0.2, 0) is 7.05 Å². The van der Waals surface area contributed by atoms with Gasteiger partial charge in [0.2, 0.25) is 0 Å². The third kappa shape index (κ3) is 4.61. The zero-order chi connectivity index (χ0) is 24.5. The number of amides is 1. The van der Waals surface area contributed by atoms with E-state index >= 15 is 0 Å². The third-order valence-electron chi connectivity index (χ3n) is 6.66. The molecule has 1 saturated heterocycles. The Morgan fingerprint density at radius 2 is 2.09 bits per heavy atom. The fourth-order valence-electron chi connectivity index (χ4n) is 4.90. The molecule has 6 nitrogen and oxygen atoms in total. The number of nitrogens with zero attached hydrogens (tertiary/aromatic N) is 2. The van der Waals surface area contributed by atoms with Crippen LogP contribution in [0.2, 0.25) is 5.02 Å². The van der Waals surface area contributed by atoms with E-state index in [0.717, 1.165) is 40.9 Å². The highest BCUT2D eigenvalue weighted by molar-refractivity contribution is 6.33. The Labute approximate surface area is 208 Å². The lowest BCUT2D eigenvalue weighted by molar-refractivity contribution is 0.0925. The highest BCUT2D eigenvalue weighted by Gasteiger charge is 2.29. The number of hydrogen-bond donors (Lipinski definition) is 2. The maximum atomic E-state index is 13.9. The Hall–Kier alpha value is -3.42. The van der Waals surface area contributed by atoms with Gasteiger partial charge in [0.25, 0.3) is 5.91 Å². The second kappa shape index (κ2) is 9.68. The molecule has 2 aromatic carbocycles. The summed E-state index contributed by atoms with van der Waals surface area (Å²) >= 11 is 6.39. The normalized spacial score (nSPS) is 17.9. The molecule has 3 heterocycles. The highest BCUT2D eigenvalue weighted by Crippen LogP contribution is 2.35. The summed E-state index contributed by atoms with van der Waals surface area (Å²) in [5.74, 6) is 0.262. The number of rotatable bonds is 5. The Morgan fingerprint density at radius 3 is 2.80 bits per heavy atom. The number of carbonyl (C=O) groups is 1. The van der Waals surface area contributed by atoms with Gasteiger partial charge in [-0.3, -0.25) is 9.48 Å². The lowest BCUT2D eigenvalue weighted by Crippen LogP contribution is -2.50. The van der Waals surface area contributed by atoms with Crippen molar-refractivity contribution >= 4 is 17.5 Å². The van der Waals surface area contributed by atoms with E-state index in [1.807, 2.05) is 44.3 Å². The summed E-state index contributed by atoms with van der Waals surface area (Å²) in [5, 5.41) is 11.3. The van der Waals surface area contributed by atoms with Gasteiger partial charge in [-0.25, -0.2) is 4.39 Å². The molecule has 1 amide bonds. The van der Waals surface area contributed by atoms with Crippen molar-refractivity contribution in [1.29, 1.82) is 0 Å². The maximum absolute atomic E-state index is 13.9. The molecule has 2 aromatic heterocycles. The van der Waals surface area contributed by atoms with E-state index in [1.165, 1.54) is 6.07 Å². The molecular formula is C27H26ClFN4O2. The van der Waals surface area contributed by atoms with Gasteiger partial charge in [0.15, 0.2) is 0 Å². The molecule has 0 aliphatic carbocycles. The molecule has 0 bridgehead atoms. The minimum absolute atomic E-state index is 0.0162. The van der Waals surface area contributed by atoms with E-state index in [0.29, 0.717) is 22.9 Å². The van der Waals surface area contributed by atoms with Crippen LogP contribution in [0.1, 0.15) is 34.0 Å². The standard InChI is InChI=1S/C27H26ClFN4O2/c1-16-20(9-11-35-16)23-13-18(26-24(28)14-31-33(26)2)6-7-22(23)27(34)32-25-15-30-10-8-21(25)17-4-3-5-19(29)12-17/h3-7,9,11-14,21,25,30H,8,10,15H2,1-2H3,(H,32,34)/t21-,25+/m0/s1. The van der Waals surface area contributed by atoms with Crippen molar-refractivity contribution in [3.8, 4) is 22.4 Å². The zero-order valence-electron chi connectivity index (χ0n) is 19.5. The number of furan rings is 1. The summed E-state index contributed by atoms with van der Waals surface area (Å²) in [4.78, 5) is 13.6. The zero-order valence-corrected chi connectivity index (χ0v) is 20.3. The van der Waals surface area contributed by atoms with Crippen molar-refractivity contribution in [3.05, 3.63) is 88.7 Å². The van der Waals surface area contributed by atoms with Crippen LogP contribution in [-0.4, -0.2) is 34.8 Å². The second-order valence-corrected chi connectivity index (χ2v) is 9.26. The molecule has 35 heavy (non-hydrogen) atoms. The van der Waals surface area contributed by atoms with Gasteiger partial charge in [0.1, 0.15) is 11.6 Å². The van der Waals surface area contributed by atoms with Gasteiger partial charge in [-0.2, -0.15) is 5.10 Å². The Kier molecular flexibility index (Phi) is 6.45. The van der Waals surface area contributed by atoms with Crippen LogP contribution in [0.4, 0.5) is 4.39 Å². The Morgan fingerprint density at radius 1 is 1.23 bits per heavy atom. The molecule has 180 valence electrons. The minimum Gasteiger partial charge on any atom is -0.469 e. The van der Waals surface area contributed by atoms with Gasteiger partial charge >= 0.3 is 0 Å². The molecule has 2 atom stereocenters. The van der Waals surface area contributed by atoms with Crippen molar-refractivity contribution in [2.75, 3.05) is 13.1 Å². The SMILES string of the molecule is Cc1occc1-c1cc(-c2c(Cl)cnn2C)ccc1C(=O)N[C@@H]1CNCC[C@H]1c1cccc(F)c1. The molecule has 1 aliphatic heterocycles. The van der Waals surface area contributed by atoms with E-state index in [2.05, 4.69) is 15.7 Å². The van der Waals surface area contributed by atoms with Crippen LogP contribution in [0.3, 0.4) is 0 Å². The lowest BCUT2D eigenvalue weighted by atomic mass is 9.85. The fourth-order valence-corrected chi connectivity index (χ4v) is 5.18. The molecule has 0 radical (unpaired) electrons. The van der Waals surface area contributed by atoms with E-state index in [4.69, 9.17) is 16.0 Å². The van der Waals surface area contributed by atoms with Gasteiger partial charge in [-0.05, 0) is 61.3 Å². The Balaban J connectivity index is 1.51. The highest BCUT2D eigenvalue weighted by atomic mass is 35.5. The van der Waals surface area contributed by atoms with Crippen molar-refractivity contribution in [2.24, 2.45) is 7.05 Å². The number of hydrogen-bond acceptors (Lipinski definition) is 4. The lowest BCUT2D eigenvalue weighted by Gasteiger charge is -2.33. The molecule has 4 aromatic rings. The van der Waals surface area contributed by atoms with Gasteiger partial charge in [0.05, 0.1) is 23.2 Å². The van der Waals surface area contributed by atoms with Gasteiger partial charge in [0, 0.05) is 42.2 Å². The second-order valence-electron chi connectivity index (χ2n) is 8.85. The van der Waals surface area contributed by atoms with Gasteiger partial charge in [-0.1, -0.05) is 29.8 Å². The summed E-state index contributed by atoms with van der Waals surface area (Å²) in [6, 6.07) is 13.9. The van der Waals surface area contributed by atoms with Gasteiger partial charge in [-0.15, -0.1) is 0 Å². The predicted octanol–water partition coefficient (Wildman–Crippen LogP) is 5.32. The van der Waals surface area contributed by atoms with Crippen molar-refractivity contribution in [2.45, 2.75) is 25.3 Å². The molecule has 1 aliphatic rings. The number of nitrogens with one attached hydrogen (secondary N) is 2. The summed E-state index contributed by atoms with van der Waals surface area (Å²) < 4.78 is 21.2. The summed E-state index contributed by atoms with van der Waals surface area (Å²) in [6.07, 6.45) is 4.02. The first-order chi connectivity index (χ1) is 16.9. The van der Waals surface area contributed by atoms with E-state index in [-0.39, 0.29) is 23.7 Å². The number of carbonyl (C=O) groups excluding carboxylic acids is 1. The molecular weight excluding hydrogens is 467 g/mol. The first-order valence-electron chi connectivity index (χ1n) is 11.6. The van der Waals surface area contributed by atoms with E-state index in [1.54, 1.807) is 29.3 Å². The number of halogens is 2. The predicted molar refractivity (Wildman–Crippen MR) is 134 cm³/mol. The number of piperidine rings is 1. The van der Waals surface area contributed by atoms with E-state index < -0.39 is 0 Å². The smallest absolute Gasteiger partial charge is 0.252 e. The molecule has 5 rings (SSSR count). The quantitative estimate of drug-likeness (QED) is 0.395. The maximum Gasteiger partial charge on any atom is 0.252 e. The van der Waals surface area contributed by atoms with Crippen LogP contribution in [0.5, 0.6) is 0 Å². The summed E-state index contributed by atoms with van der Waals surface area (Å²) in [6.45, 7) is 3.29.